The number of pyridine rings is 1. The highest BCUT2D eigenvalue weighted by Crippen LogP contribution is 2.24. The molecule has 2 aliphatic rings. The van der Waals surface area contributed by atoms with Crippen molar-refractivity contribution >= 4 is 17.3 Å². The maximum atomic E-state index is 4.96. The predicted molar refractivity (Wildman–Crippen MR) is 112 cm³/mol. The highest BCUT2D eigenvalue weighted by atomic mass is 15.3. The Hall–Kier alpha value is -2.67. The third kappa shape index (κ3) is 3.20. The van der Waals surface area contributed by atoms with E-state index >= 15 is 0 Å². The summed E-state index contributed by atoms with van der Waals surface area (Å²) in [4.78, 5) is 16.7. The monoisotopic (exact) mass is 377 g/mol. The van der Waals surface area contributed by atoms with Crippen LogP contribution >= 0.6 is 0 Å². The lowest BCUT2D eigenvalue weighted by Gasteiger charge is -2.34. The average Bonchev–Trinajstić information content (AvgIpc) is 3.43. The van der Waals surface area contributed by atoms with Crippen molar-refractivity contribution < 1.29 is 0 Å². The summed E-state index contributed by atoms with van der Waals surface area (Å²) in [6.07, 6.45) is 4.37. The van der Waals surface area contributed by atoms with Gasteiger partial charge in [0.1, 0.15) is 17.3 Å². The predicted octanol–water partition coefficient (Wildman–Crippen LogP) is 2.53. The van der Waals surface area contributed by atoms with Gasteiger partial charge in [-0.3, -0.25) is 0 Å². The Kier molecular flexibility index (Phi) is 4.60. The highest BCUT2D eigenvalue weighted by Gasteiger charge is 2.19. The first-order valence-electron chi connectivity index (χ1n) is 10.4. The molecule has 0 unspecified atom stereocenters. The molecule has 28 heavy (non-hydrogen) atoms. The van der Waals surface area contributed by atoms with Gasteiger partial charge in [-0.25, -0.2) is 14.5 Å². The highest BCUT2D eigenvalue weighted by molar-refractivity contribution is 5.62. The van der Waals surface area contributed by atoms with Gasteiger partial charge in [-0.2, -0.15) is 0 Å². The Labute approximate surface area is 165 Å². The number of aromatic nitrogens is 4. The van der Waals surface area contributed by atoms with Crippen LogP contribution in [-0.2, 0) is 0 Å². The third-order valence-electron chi connectivity index (χ3n) is 5.92. The first-order valence-corrected chi connectivity index (χ1v) is 10.4. The summed E-state index contributed by atoms with van der Waals surface area (Å²) in [6, 6.07) is 10.4. The molecule has 0 amide bonds. The molecule has 5 heterocycles. The zero-order valence-electron chi connectivity index (χ0n) is 16.5. The Morgan fingerprint density at radius 3 is 2.43 bits per heavy atom. The largest absolute Gasteiger partial charge is 0.355 e. The van der Waals surface area contributed by atoms with E-state index in [9.17, 15) is 0 Å². The maximum absolute atomic E-state index is 4.96. The number of rotatable bonds is 4. The van der Waals surface area contributed by atoms with Crippen LogP contribution in [0.1, 0.15) is 19.8 Å². The van der Waals surface area contributed by atoms with E-state index in [4.69, 9.17) is 10.1 Å². The smallest absolute Gasteiger partial charge is 0.154 e. The summed E-state index contributed by atoms with van der Waals surface area (Å²) in [5.74, 6) is 2.06. The second kappa shape index (κ2) is 7.39. The fourth-order valence-electron chi connectivity index (χ4n) is 4.19. The molecule has 0 aromatic carbocycles. The first-order chi connectivity index (χ1) is 13.8. The van der Waals surface area contributed by atoms with Crippen LogP contribution in [0.25, 0.3) is 17.0 Å². The summed E-state index contributed by atoms with van der Waals surface area (Å²) in [6.45, 7) is 9.75. The van der Waals surface area contributed by atoms with Crippen molar-refractivity contribution in [1.29, 1.82) is 0 Å². The van der Waals surface area contributed by atoms with Gasteiger partial charge in [-0.1, -0.05) is 13.0 Å². The van der Waals surface area contributed by atoms with Gasteiger partial charge < -0.3 is 14.7 Å². The second-order valence-corrected chi connectivity index (χ2v) is 7.60. The molecule has 0 spiro atoms. The van der Waals surface area contributed by atoms with Gasteiger partial charge in [0.2, 0.25) is 0 Å². The molecule has 5 rings (SSSR count). The number of likely N-dealkylation sites (N-methyl/N-ethyl adjacent to an activating group) is 1. The molecule has 3 aromatic rings. The van der Waals surface area contributed by atoms with E-state index in [1.807, 2.05) is 10.7 Å². The minimum atomic E-state index is 0.863. The van der Waals surface area contributed by atoms with Gasteiger partial charge in [-0.05, 0) is 43.7 Å². The first kappa shape index (κ1) is 17.4. The Morgan fingerprint density at radius 2 is 1.64 bits per heavy atom. The number of hydrogen-bond donors (Lipinski definition) is 0. The number of anilines is 2. The van der Waals surface area contributed by atoms with Gasteiger partial charge in [0, 0.05) is 39.3 Å². The zero-order valence-corrected chi connectivity index (χ0v) is 16.5. The molecule has 3 aromatic heterocycles. The van der Waals surface area contributed by atoms with Crippen LogP contribution in [0.3, 0.4) is 0 Å². The van der Waals surface area contributed by atoms with Crippen molar-refractivity contribution in [2.75, 3.05) is 55.6 Å². The second-order valence-electron chi connectivity index (χ2n) is 7.60. The van der Waals surface area contributed by atoms with Gasteiger partial charge in [0.15, 0.2) is 5.65 Å². The van der Waals surface area contributed by atoms with Crippen molar-refractivity contribution in [1.82, 2.24) is 24.5 Å². The van der Waals surface area contributed by atoms with E-state index in [0.717, 1.165) is 74.5 Å². The minimum absolute atomic E-state index is 0.863. The molecule has 2 fully saturated rings. The van der Waals surface area contributed by atoms with Crippen molar-refractivity contribution in [3.05, 3.63) is 36.5 Å². The Balaban J connectivity index is 1.46. The molecule has 0 atom stereocenters. The van der Waals surface area contributed by atoms with E-state index in [0.29, 0.717) is 0 Å². The van der Waals surface area contributed by atoms with Crippen LogP contribution in [0, 0.1) is 0 Å². The summed E-state index contributed by atoms with van der Waals surface area (Å²) < 4.78 is 1.94. The van der Waals surface area contributed by atoms with Crippen LogP contribution in [-0.4, -0.2) is 70.3 Å². The molecule has 0 bridgehead atoms. The molecule has 7 nitrogen and oxygen atoms in total. The topological polar surface area (TPSA) is 52.8 Å². The molecule has 2 aliphatic heterocycles. The number of fused-ring (bicyclic) bond motifs is 1. The van der Waals surface area contributed by atoms with Crippen molar-refractivity contribution in [2.45, 2.75) is 19.8 Å². The fraction of sp³-hybridized carbons (Fsp3) is 0.476. The molecule has 0 radical (unpaired) electrons. The van der Waals surface area contributed by atoms with Crippen LogP contribution < -0.4 is 9.80 Å². The molecular formula is C21H27N7. The zero-order chi connectivity index (χ0) is 18.9. The number of nitrogens with zero attached hydrogens (tertiary/aromatic N) is 7. The summed E-state index contributed by atoms with van der Waals surface area (Å²) >= 11 is 0. The lowest BCUT2D eigenvalue weighted by molar-refractivity contribution is 0.270. The molecule has 0 N–H and O–H groups in total. The van der Waals surface area contributed by atoms with E-state index in [-0.39, 0.29) is 0 Å². The minimum Gasteiger partial charge on any atom is -0.355 e. The average molecular weight is 377 g/mol. The third-order valence-corrected chi connectivity index (χ3v) is 5.92. The quantitative estimate of drug-likeness (QED) is 0.696. The normalized spacial score (nSPS) is 18.3. The molecule has 0 aliphatic carbocycles. The van der Waals surface area contributed by atoms with Crippen molar-refractivity contribution in [3.8, 4) is 11.4 Å². The fourth-order valence-corrected chi connectivity index (χ4v) is 4.19. The maximum Gasteiger partial charge on any atom is 0.154 e. The SMILES string of the molecule is CCN1CCN(c2cccc(-c3cnc4ccc(N5CCCC5)nn34)n2)CC1. The molecule has 2 saturated heterocycles. The Bertz CT molecular complexity index is 952. The Morgan fingerprint density at radius 1 is 0.857 bits per heavy atom. The summed E-state index contributed by atoms with van der Waals surface area (Å²) in [5, 5.41) is 4.88. The van der Waals surface area contributed by atoms with Crippen molar-refractivity contribution in [2.24, 2.45) is 0 Å². The van der Waals surface area contributed by atoms with E-state index < -0.39 is 0 Å². The van der Waals surface area contributed by atoms with Crippen molar-refractivity contribution in [3.63, 3.8) is 0 Å². The van der Waals surface area contributed by atoms with Gasteiger partial charge in [-0.15, -0.1) is 5.10 Å². The van der Waals surface area contributed by atoms with Crippen LogP contribution in [0.2, 0.25) is 0 Å². The molecular weight excluding hydrogens is 350 g/mol. The molecule has 0 saturated carbocycles. The summed E-state index contributed by atoms with van der Waals surface area (Å²) in [7, 11) is 0. The van der Waals surface area contributed by atoms with E-state index in [1.165, 1.54) is 12.8 Å². The van der Waals surface area contributed by atoms with Crippen LogP contribution in [0.4, 0.5) is 11.6 Å². The lowest BCUT2D eigenvalue weighted by atomic mass is 10.2. The van der Waals surface area contributed by atoms with Crippen LogP contribution in [0.5, 0.6) is 0 Å². The molecule has 7 heteroatoms. The van der Waals surface area contributed by atoms with Gasteiger partial charge in [0.25, 0.3) is 0 Å². The van der Waals surface area contributed by atoms with Gasteiger partial charge >= 0.3 is 0 Å². The van der Waals surface area contributed by atoms with E-state index in [1.54, 1.807) is 0 Å². The molecule has 146 valence electrons. The summed E-state index contributed by atoms with van der Waals surface area (Å²) in [5.41, 5.74) is 2.74. The number of imidazole rings is 1. The van der Waals surface area contributed by atoms with Gasteiger partial charge in [0.05, 0.1) is 11.9 Å². The van der Waals surface area contributed by atoms with E-state index in [2.05, 4.69) is 56.9 Å². The number of hydrogen-bond acceptors (Lipinski definition) is 6. The van der Waals surface area contributed by atoms with Crippen LogP contribution in [0.15, 0.2) is 36.5 Å². The standard InChI is InChI=1S/C21H27N7/c1-2-25-12-14-27(15-13-25)20-7-5-6-17(23-20)18-16-22-19-8-9-21(24-28(18)19)26-10-3-4-11-26/h5-9,16H,2-4,10-15H2,1H3. The number of piperazine rings is 1. The lowest BCUT2D eigenvalue weighted by Crippen LogP contribution is -2.46.